The standard InChI is InChI=1S/C20H21BrN2O7/c1-2-29-12-7-10(11(21)8-13(12)30-9-5-3-4-6-9)14-15(19(25)26)17(22)23-18(24)16(14)20(27)28/h7-9H,2-6H2,1H3,(H,25,26)(H,27,28)(H3,22,23,24). The molecular weight excluding hydrogens is 460 g/mol. The van der Waals surface area contributed by atoms with Gasteiger partial charge in [-0.25, -0.2) is 9.59 Å². The Labute approximate surface area is 179 Å². The number of anilines is 1. The summed E-state index contributed by atoms with van der Waals surface area (Å²) in [5.41, 5.74) is 3.30. The highest BCUT2D eigenvalue weighted by Crippen LogP contribution is 2.42. The van der Waals surface area contributed by atoms with Gasteiger partial charge in [-0.3, -0.25) is 4.79 Å². The van der Waals surface area contributed by atoms with E-state index in [2.05, 4.69) is 20.9 Å². The Balaban J connectivity index is 2.27. The third-order valence-electron chi connectivity index (χ3n) is 4.87. The van der Waals surface area contributed by atoms with E-state index in [0.29, 0.717) is 22.6 Å². The molecule has 0 amide bonds. The molecule has 1 heterocycles. The first-order valence-corrected chi connectivity index (χ1v) is 10.2. The highest BCUT2D eigenvalue weighted by Gasteiger charge is 2.29. The van der Waals surface area contributed by atoms with E-state index in [1.165, 1.54) is 6.07 Å². The van der Waals surface area contributed by atoms with Crippen LogP contribution in [0.5, 0.6) is 11.5 Å². The molecule has 30 heavy (non-hydrogen) atoms. The average molecular weight is 481 g/mol. The van der Waals surface area contributed by atoms with Crippen molar-refractivity contribution in [1.82, 2.24) is 4.98 Å². The summed E-state index contributed by atoms with van der Waals surface area (Å²) in [6, 6.07) is 3.05. The Bertz CT molecular complexity index is 1060. The van der Waals surface area contributed by atoms with Crippen molar-refractivity contribution in [3.05, 3.63) is 38.1 Å². The molecule has 0 atom stereocenters. The fraction of sp³-hybridized carbons (Fsp3) is 0.350. The Morgan fingerprint density at radius 2 is 1.80 bits per heavy atom. The smallest absolute Gasteiger partial charge is 0.342 e. The van der Waals surface area contributed by atoms with Crippen LogP contribution in [0.2, 0.25) is 0 Å². The van der Waals surface area contributed by atoms with E-state index in [9.17, 15) is 24.6 Å². The van der Waals surface area contributed by atoms with Gasteiger partial charge in [-0.1, -0.05) is 15.9 Å². The summed E-state index contributed by atoms with van der Waals surface area (Å²) in [6.45, 7) is 2.08. The second-order valence-corrected chi connectivity index (χ2v) is 7.69. The van der Waals surface area contributed by atoms with Crippen molar-refractivity contribution in [3.8, 4) is 22.6 Å². The van der Waals surface area contributed by atoms with Gasteiger partial charge in [0.15, 0.2) is 11.5 Å². The first-order valence-electron chi connectivity index (χ1n) is 9.40. The minimum absolute atomic E-state index is 0.0429. The number of pyridine rings is 1. The van der Waals surface area contributed by atoms with E-state index in [4.69, 9.17) is 15.2 Å². The predicted molar refractivity (Wildman–Crippen MR) is 113 cm³/mol. The monoisotopic (exact) mass is 480 g/mol. The maximum Gasteiger partial charge on any atom is 0.342 e. The second-order valence-electron chi connectivity index (χ2n) is 6.84. The van der Waals surface area contributed by atoms with Gasteiger partial charge < -0.3 is 30.4 Å². The number of carboxylic acids is 2. The summed E-state index contributed by atoms with van der Waals surface area (Å²) in [6.07, 6.45) is 4.03. The SMILES string of the molecule is CCOc1cc(-c2c(C(=O)O)c(N)[nH]c(=O)c2C(=O)O)c(Br)cc1OC1CCCC1. The number of rotatable bonds is 7. The van der Waals surface area contributed by atoms with Gasteiger partial charge in [0.05, 0.1) is 12.7 Å². The van der Waals surface area contributed by atoms with Crippen LogP contribution in [0.4, 0.5) is 5.82 Å². The molecule has 5 N–H and O–H groups in total. The predicted octanol–water partition coefficient (Wildman–Crippen LogP) is 3.50. The maximum absolute atomic E-state index is 12.3. The van der Waals surface area contributed by atoms with Gasteiger partial charge in [0.25, 0.3) is 5.56 Å². The van der Waals surface area contributed by atoms with Gasteiger partial charge in [0, 0.05) is 15.6 Å². The number of hydrogen-bond donors (Lipinski definition) is 4. The van der Waals surface area contributed by atoms with Crippen LogP contribution in [-0.4, -0.2) is 39.8 Å². The molecule has 0 radical (unpaired) electrons. The fourth-order valence-electron chi connectivity index (χ4n) is 3.59. The van der Waals surface area contributed by atoms with E-state index in [-0.39, 0.29) is 17.2 Å². The Kier molecular flexibility index (Phi) is 6.35. The van der Waals surface area contributed by atoms with Crippen molar-refractivity contribution >= 4 is 33.7 Å². The fourth-order valence-corrected chi connectivity index (χ4v) is 4.11. The van der Waals surface area contributed by atoms with Crippen LogP contribution in [0.15, 0.2) is 21.4 Å². The largest absolute Gasteiger partial charge is 0.490 e. The third-order valence-corrected chi connectivity index (χ3v) is 5.53. The van der Waals surface area contributed by atoms with Crippen LogP contribution in [0.25, 0.3) is 11.1 Å². The number of aromatic amines is 1. The molecule has 1 saturated carbocycles. The Hall–Kier alpha value is -3.01. The van der Waals surface area contributed by atoms with Gasteiger partial charge in [0.2, 0.25) is 0 Å². The number of aromatic nitrogens is 1. The van der Waals surface area contributed by atoms with Crippen molar-refractivity contribution in [3.63, 3.8) is 0 Å². The molecule has 1 aliphatic carbocycles. The van der Waals surface area contributed by atoms with Crippen LogP contribution >= 0.6 is 15.9 Å². The lowest BCUT2D eigenvalue weighted by Gasteiger charge is -2.20. The number of nitrogen functional groups attached to an aromatic ring is 1. The van der Waals surface area contributed by atoms with Gasteiger partial charge in [-0.05, 0) is 44.7 Å². The van der Waals surface area contributed by atoms with Gasteiger partial charge >= 0.3 is 11.9 Å². The third kappa shape index (κ3) is 4.13. The number of hydrogen-bond acceptors (Lipinski definition) is 6. The van der Waals surface area contributed by atoms with Crippen molar-refractivity contribution < 1.29 is 29.3 Å². The van der Waals surface area contributed by atoms with E-state index < -0.39 is 34.4 Å². The Morgan fingerprint density at radius 3 is 2.37 bits per heavy atom. The summed E-state index contributed by atoms with van der Waals surface area (Å²) in [4.78, 5) is 38.0. The number of halogens is 1. The summed E-state index contributed by atoms with van der Waals surface area (Å²) in [5, 5.41) is 19.2. The summed E-state index contributed by atoms with van der Waals surface area (Å²) >= 11 is 3.36. The molecule has 160 valence electrons. The van der Waals surface area contributed by atoms with Crippen LogP contribution in [0.3, 0.4) is 0 Å². The molecule has 9 nitrogen and oxygen atoms in total. The lowest BCUT2D eigenvalue weighted by Crippen LogP contribution is -2.24. The highest BCUT2D eigenvalue weighted by atomic mass is 79.9. The number of carbonyl (C=O) groups is 2. The molecule has 10 heteroatoms. The second kappa shape index (κ2) is 8.78. The Morgan fingerprint density at radius 1 is 1.17 bits per heavy atom. The molecule has 1 aromatic heterocycles. The van der Waals surface area contributed by atoms with Crippen LogP contribution < -0.4 is 20.8 Å². The van der Waals surface area contributed by atoms with E-state index in [1.807, 2.05) is 0 Å². The van der Waals surface area contributed by atoms with Crippen molar-refractivity contribution in [2.75, 3.05) is 12.3 Å². The van der Waals surface area contributed by atoms with Crippen LogP contribution in [-0.2, 0) is 0 Å². The maximum atomic E-state index is 12.3. The number of H-pyrrole nitrogens is 1. The molecule has 1 aliphatic rings. The average Bonchev–Trinajstić information content (AvgIpc) is 3.15. The number of carboxylic acid groups (broad SMARTS) is 2. The molecule has 0 bridgehead atoms. The number of ether oxygens (including phenoxy) is 2. The zero-order valence-electron chi connectivity index (χ0n) is 16.2. The van der Waals surface area contributed by atoms with Crippen molar-refractivity contribution in [2.24, 2.45) is 0 Å². The summed E-state index contributed by atoms with van der Waals surface area (Å²) in [7, 11) is 0. The zero-order valence-corrected chi connectivity index (χ0v) is 17.7. The molecule has 0 saturated heterocycles. The first-order chi connectivity index (χ1) is 14.2. The number of nitrogens with two attached hydrogens (primary N) is 1. The molecule has 2 aromatic rings. The van der Waals surface area contributed by atoms with Crippen LogP contribution in [0, 0.1) is 0 Å². The van der Waals surface area contributed by atoms with Gasteiger partial charge in [-0.2, -0.15) is 0 Å². The van der Waals surface area contributed by atoms with Crippen LogP contribution in [0.1, 0.15) is 53.3 Å². The highest BCUT2D eigenvalue weighted by molar-refractivity contribution is 9.10. The van der Waals surface area contributed by atoms with Crippen molar-refractivity contribution in [1.29, 1.82) is 0 Å². The van der Waals surface area contributed by atoms with Gasteiger partial charge in [-0.15, -0.1) is 0 Å². The van der Waals surface area contributed by atoms with E-state index in [1.54, 1.807) is 13.0 Å². The zero-order chi connectivity index (χ0) is 22.0. The number of nitrogens with one attached hydrogen (secondary N) is 1. The topological polar surface area (TPSA) is 152 Å². The summed E-state index contributed by atoms with van der Waals surface area (Å²) in [5.74, 6) is -2.73. The lowest BCUT2D eigenvalue weighted by molar-refractivity contribution is 0.0695. The molecule has 0 aliphatic heterocycles. The quantitative estimate of drug-likeness (QED) is 0.469. The molecule has 0 spiro atoms. The normalized spacial score (nSPS) is 13.9. The molecule has 3 rings (SSSR count). The minimum atomic E-state index is -1.58. The molecule has 1 fully saturated rings. The number of benzene rings is 1. The molecule has 0 unspecified atom stereocenters. The van der Waals surface area contributed by atoms with E-state index in [0.717, 1.165) is 25.7 Å². The number of aromatic carboxylic acids is 2. The first kappa shape index (κ1) is 21.7. The summed E-state index contributed by atoms with van der Waals surface area (Å²) < 4.78 is 12.1. The van der Waals surface area contributed by atoms with E-state index >= 15 is 0 Å². The minimum Gasteiger partial charge on any atom is -0.490 e. The lowest BCUT2D eigenvalue weighted by atomic mass is 9.95. The molecular formula is C20H21BrN2O7. The van der Waals surface area contributed by atoms with Crippen molar-refractivity contribution in [2.45, 2.75) is 38.7 Å². The van der Waals surface area contributed by atoms with Gasteiger partial charge in [0.1, 0.15) is 16.9 Å². The molecule has 1 aromatic carbocycles.